The molecule has 0 spiro atoms. The second-order valence-corrected chi connectivity index (χ2v) is 4.33. The zero-order valence-electron chi connectivity index (χ0n) is 11.9. The van der Waals surface area contributed by atoms with E-state index in [1.165, 1.54) is 7.11 Å². The third-order valence-electron chi connectivity index (χ3n) is 2.36. The SMILES string of the molecule is C=C(C)CN=C(N)NCCCCCCC(=O)OC.I. The highest BCUT2D eigenvalue weighted by Crippen LogP contribution is 2.03. The maximum Gasteiger partial charge on any atom is 0.305 e. The maximum absolute atomic E-state index is 10.8. The number of nitrogens with zero attached hydrogens (tertiary/aromatic N) is 1. The second-order valence-electron chi connectivity index (χ2n) is 4.33. The highest BCUT2D eigenvalue weighted by molar-refractivity contribution is 14.0. The summed E-state index contributed by atoms with van der Waals surface area (Å²) in [5.41, 5.74) is 6.65. The van der Waals surface area contributed by atoms with Crippen molar-refractivity contribution < 1.29 is 9.53 Å². The Morgan fingerprint density at radius 3 is 2.53 bits per heavy atom. The number of hydrogen-bond donors (Lipinski definition) is 2. The van der Waals surface area contributed by atoms with Crippen molar-refractivity contribution in [2.45, 2.75) is 39.0 Å². The summed E-state index contributed by atoms with van der Waals surface area (Å²) >= 11 is 0. The van der Waals surface area contributed by atoms with Crippen LogP contribution in [-0.2, 0) is 9.53 Å². The molecule has 0 unspecified atom stereocenters. The zero-order chi connectivity index (χ0) is 13.8. The molecule has 5 nitrogen and oxygen atoms in total. The Morgan fingerprint density at radius 1 is 1.32 bits per heavy atom. The van der Waals surface area contributed by atoms with Crippen molar-refractivity contribution in [3.8, 4) is 0 Å². The molecule has 0 aliphatic heterocycles. The summed E-state index contributed by atoms with van der Waals surface area (Å²) in [5, 5.41) is 3.04. The van der Waals surface area contributed by atoms with E-state index in [1.54, 1.807) is 0 Å². The van der Waals surface area contributed by atoms with Gasteiger partial charge in [0, 0.05) is 13.0 Å². The van der Waals surface area contributed by atoms with E-state index in [2.05, 4.69) is 21.6 Å². The zero-order valence-corrected chi connectivity index (χ0v) is 14.2. The van der Waals surface area contributed by atoms with E-state index in [9.17, 15) is 4.79 Å². The lowest BCUT2D eigenvalue weighted by Gasteiger charge is -2.05. The quantitative estimate of drug-likeness (QED) is 0.160. The Morgan fingerprint density at radius 2 is 1.95 bits per heavy atom. The highest BCUT2D eigenvalue weighted by Gasteiger charge is 1.99. The van der Waals surface area contributed by atoms with Gasteiger partial charge in [-0.1, -0.05) is 25.0 Å². The van der Waals surface area contributed by atoms with Crippen LogP contribution in [0.15, 0.2) is 17.1 Å². The van der Waals surface area contributed by atoms with Crippen LogP contribution in [0, 0.1) is 0 Å². The van der Waals surface area contributed by atoms with Crippen LogP contribution in [0.1, 0.15) is 39.0 Å². The van der Waals surface area contributed by atoms with Gasteiger partial charge < -0.3 is 15.8 Å². The van der Waals surface area contributed by atoms with Crippen LogP contribution in [-0.4, -0.2) is 32.1 Å². The number of carbonyl (C=O) groups is 1. The lowest BCUT2D eigenvalue weighted by atomic mass is 10.1. The maximum atomic E-state index is 10.8. The summed E-state index contributed by atoms with van der Waals surface area (Å²) in [5.74, 6) is 0.330. The van der Waals surface area contributed by atoms with Gasteiger partial charge in [0.1, 0.15) is 0 Å². The topological polar surface area (TPSA) is 76.7 Å². The Balaban J connectivity index is 0. The fourth-order valence-corrected chi connectivity index (χ4v) is 1.34. The van der Waals surface area contributed by atoms with Crippen LogP contribution < -0.4 is 11.1 Å². The molecular weight excluding hydrogens is 357 g/mol. The van der Waals surface area contributed by atoms with E-state index < -0.39 is 0 Å². The van der Waals surface area contributed by atoms with Crippen molar-refractivity contribution >= 4 is 35.9 Å². The van der Waals surface area contributed by atoms with Gasteiger partial charge in [0.05, 0.1) is 13.7 Å². The minimum Gasteiger partial charge on any atom is -0.469 e. The fourth-order valence-electron chi connectivity index (χ4n) is 1.34. The van der Waals surface area contributed by atoms with Gasteiger partial charge in [0.25, 0.3) is 0 Å². The standard InChI is InChI=1S/C13H25N3O2.HI/c1-11(2)10-16-13(14)15-9-7-5-4-6-8-12(17)18-3;/h1,4-10H2,2-3H3,(H3,14,15,16);1H. The van der Waals surface area contributed by atoms with Crippen LogP contribution >= 0.6 is 24.0 Å². The summed E-state index contributed by atoms with van der Waals surface area (Å²) in [6.45, 7) is 7.04. The molecule has 0 aliphatic rings. The molecule has 0 aromatic carbocycles. The summed E-state index contributed by atoms with van der Waals surface area (Å²) < 4.78 is 4.56. The molecule has 0 radical (unpaired) electrons. The molecule has 0 atom stereocenters. The number of ether oxygens (including phenoxy) is 1. The van der Waals surface area contributed by atoms with Crippen LogP contribution in [0.3, 0.4) is 0 Å². The first-order chi connectivity index (χ1) is 8.56. The van der Waals surface area contributed by atoms with Crippen molar-refractivity contribution in [1.29, 1.82) is 0 Å². The Labute approximate surface area is 133 Å². The number of nitrogens with one attached hydrogen (secondary N) is 1. The molecule has 0 saturated heterocycles. The van der Waals surface area contributed by atoms with E-state index in [1.807, 2.05) is 6.92 Å². The molecule has 0 aromatic heterocycles. The first-order valence-electron chi connectivity index (χ1n) is 6.31. The smallest absolute Gasteiger partial charge is 0.305 e. The number of rotatable bonds is 9. The van der Waals surface area contributed by atoms with Gasteiger partial charge in [-0.2, -0.15) is 0 Å². The van der Waals surface area contributed by atoms with E-state index in [4.69, 9.17) is 5.73 Å². The lowest BCUT2D eigenvalue weighted by Crippen LogP contribution is -2.32. The Bertz CT molecular complexity index is 294. The molecule has 0 fully saturated rings. The van der Waals surface area contributed by atoms with E-state index in [0.717, 1.165) is 37.8 Å². The largest absolute Gasteiger partial charge is 0.469 e. The highest BCUT2D eigenvalue weighted by atomic mass is 127. The van der Waals surface area contributed by atoms with Gasteiger partial charge in [-0.05, 0) is 19.8 Å². The van der Waals surface area contributed by atoms with Crippen molar-refractivity contribution in [2.75, 3.05) is 20.2 Å². The minimum atomic E-state index is -0.135. The normalized spacial score (nSPS) is 10.5. The number of esters is 1. The summed E-state index contributed by atoms with van der Waals surface area (Å²) in [6.07, 6.45) is 4.50. The first-order valence-corrected chi connectivity index (χ1v) is 6.31. The van der Waals surface area contributed by atoms with Crippen LogP contribution in [0.2, 0.25) is 0 Å². The van der Waals surface area contributed by atoms with Crippen molar-refractivity contribution in [3.63, 3.8) is 0 Å². The average Bonchev–Trinajstić information content (AvgIpc) is 2.34. The van der Waals surface area contributed by atoms with Gasteiger partial charge >= 0.3 is 5.97 Å². The molecule has 0 bridgehead atoms. The number of guanidine groups is 1. The number of halogens is 1. The molecule has 0 aliphatic carbocycles. The van der Waals surface area contributed by atoms with Crippen molar-refractivity contribution in [3.05, 3.63) is 12.2 Å². The third kappa shape index (κ3) is 15.2. The van der Waals surface area contributed by atoms with Crippen LogP contribution in [0.4, 0.5) is 0 Å². The van der Waals surface area contributed by atoms with E-state index in [-0.39, 0.29) is 29.9 Å². The van der Waals surface area contributed by atoms with Gasteiger partial charge in [0.15, 0.2) is 5.96 Å². The Kier molecular flexibility index (Phi) is 14.7. The number of hydrogen-bond acceptors (Lipinski definition) is 3. The van der Waals surface area contributed by atoms with Crippen molar-refractivity contribution in [1.82, 2.24) is 5.32 Å². The number of unbranched alkanes of at least 4 members (excludes halogenated alkanes) is 3. The first kappa shape index (κ1) is 20.5. The van der Waals surface area contributed by atoms with Crippen LogP contribution in [0.5, 0.6) is 0 Å². The number of nitrogens with two attached hydrogens (primary N) is 1. The van der Waals surface area contributed by atoms with E-state index >= 15 is 0 Å². The van der Waals surface area contributed by atoms with Crippen LogP contribution in [0.25, 0.3) is 0 Å². The fraction of sp³-hybridized carbons (Fsp3) is 0.692. The minimum absolute atomic E-state index is 0. The predicted molar refractivity (Wildman–Crippen MR) is 89.8 cm³/mol. The lowest BCUT2D eigenvalue weighted by molar-refractivity contribution is -0.140. The number of methoxy groups -OCH3 is 1. The molecule has 112 valence electrons. The molecule has 3 N–H and O–H groups in total. The summed E-state index contributed by atoms with van der Waals surface area (Å²) in [7, 11) is 1.42. The summed E-state index contributed by atoms with van der Waals surface area (Å²) in [6, 6.07) is 0. The molecule has 19 heavy (non-hydrogen) atoms. The van der Waals surface area contributed by atoms with Gasteiger partial charge in [-0.25, -0.2) is 4.99 Å². The molecule has 0 amide bonds. The molecule has 6 heteroatoms. The molecule has 0 heterocycles. The monoisotopic (exact) mass is 383 g/mol. The van der Waals surface area contributed by atoms with Crippen molar-refractivity contribution in [2.24, 2.45) is 10.7 Å². The van der Waals surface area contributed by atoms with Gasteiger partial charge in [0.2, 0.25) is 0 Å². The van der Waals surface area contributed by atoms with Gasteiger partial charge in [-0.3, -0.25) is 4.79 Å². The Hall–Kier alpha value is -0.790. The third-order valence-corrected chi connectivity index (χ3v) is 2.36. The second kappa shape index (κ2) is 13.6. The van der Waals surface area contributed by atoms with E-state index in [0.29, 0.717) is 18.9 Å². The summed E-state index contributed by atoms with van der Waals surface area (Å²) in [4.78, 5) is 15.0. The number of aliphatic imine (C=N–C) groups is 1. The molecule has 0 saturated carbocycles. The average molecular weight is 383 g/mol. The molecule has 0 aromatic rings. The number of carbonyl (C=O) groups excluding carboxylic acids is 1. The molecule has 0 rings (SSSR count). The van der Waals surface area contributed by atoms with Gasteiger partial charge in [-0.15, -0.1) is 24.0 Å². The predicted octanol–water partition coefficient (Wildman–Crippen LogP) is 2.21. The molecular formula is C13H26IN3O2.